The number of alkyl halides is 2. The van der Waals surface area contributed by atoms with Crippen LogP contribution < -0.4 is 10.1 Å². The third-order valence-corrected chi connectivity index (χ3v) is 2.92. The SMILES string of the molecule is CC(C)C(CCO)NC(=O)c1ccnc(OCC(F)F)c1. The van der Waals surface area contributed by atoms with Crippen molar-refractivity contribution >= 4 is 5.91 Å². The molecule has 0 bridgehead atoms. The summed E-state index contributed by atoms with van der Waals surface area (Å²) in [5, 5.41) is 11.8. The number of aromatic nitrogens is 1. The average molecular weight is 302 g/mol. The van der Waals surface area contributed by atoms with Crippen molar-refractivity contribution in [2.24, 2.45) is 5.92 Å². The van der Waals surface area contributed by atoms with Crippen LogP contribution in [0.3, 0.4) is 0 Å². The molecule has 1 unspecified atom stereocenters. The van der Waals surface area contributed by atoms with E-state index in [1.807, 2.05) is 13.8 Å². The van der Waals surface area contributed by atoms with Gasteiger partial charge in [0.15, 0.2) is 6.61 Å². The molecule has 0 aliphatic rings. The Labute approximate surface area is 122 Å². The average Bonchev–Trinajstić information content (AvgIpc) is 2.44. The molecule has 1 heterocycles. The topological polar surface area (TPSA) is 71.5 Å². The number of nitrogens with one attached hydrogen (secondary N) is 1. The number of carbonyl (C=O) groups excluding carboxylic acids is 1. The molecule has 1 atom stereocenters. The minimum absolute atomic E-state index is 0.0220. The van der Waals surface area contributed by atoms with E-state index in [1.54, 1.807) is 0 Å². The van der Waals surface area contributed by atoms with Gasteiger partial charge in [-0.2, -0.15) is 0 Å². The fourth-order valence-electron chi connectivity index (χ4n) is 1.74. The Kier molecular flexibility index (Phi) is 7.01. The first-order valence-electron chi connectivity index (χ1n) is 6.72. The summed E-state index contributed by atoms with van der Waals surface area (Å²) in [6.07, 6.45) is -0.825. The maximum atomic E-state index is 12.1. The maximum Gasteiger partial charge on any atom is 0.272 e. The van der Waals surface area contributed by atoms with Gasteiger partial charge in [-0.1, -0.05) is 13.8 Å². The van der Waals surface area contributed by atoms with Crippen LogP contribution in [0.15, 0.2) is 18.3 Å². The number of rotatable bonds is 8. The number of hydrogen-bond acceptors (Lipinski definition) is 4. The van der Waals surface area contributed by atoms with Crippen molar-refractivity contribution in [2.45, 2.75) is 32.7 Å². The van der Waals surface area contributed by atoms with Crippen molar-refractivity contribution in [2.75, 3.05) is 13.2 Å². The summed E-state index contributed by atoms with van der Waals surface area (Å²) in [5.74, 6) is -0.213. The minimum Gasteiger partial charge on any atom is -0.472 e. The molecule has 1 amide bonds. The molecule has 0 saturated carbocycles. The third-order valence-electron chi connectivity index (χ3n) is 2.92. The minimum atomic E-state index is -2.60. The highest BCUT2D eigenvalue weighted by Crippen LogP contribution is 2.12. The molecule has 0 aliphatic heterocycles. The lowest BCUT2D eigenvalue weighted by Crippen LogP contribution is -2.39. The molecule has 21 heavy (non-hydrogen) atoms. The Morgan fingerprint density at radius 2 is 2.19 bits per heavy atom. The molecule has 1 rings (SSSR count). The van der Waals surface area contributed by atoms with E-state index in [-0.39, 0.29) is 35.9 Å². The summed E-state index contributed by atoms with van der Waals surface area (Å²) in [7, 11) is 0. The fraction of sp³-hybridized carbons (Fsp3) is 0.571. The Bertz CT molecular complexity index is 456. The van der Waals surface area contributed by atoms with Crippen molar-refractivity contribution in [3.63, 3.8) is 0 Å². The molecular weight excluding hydrogens is 282 g/mol. The standard InChI is InChI=1S/C14H20F2N2O3/c1-9(2)11(4-6-19)18-14(20)10-3-5-17-13(7-10)21-8-12(15)16/h3,5,7,9,11-12,19H,4,6,8H2,1-2H3,(H,18,20). The zero-order valence-corrected chi connectivity index (χ0v) is 12.1. The van der Waals surface area contributed by atoms with Crippen molar-refractivity contribution in [1.82, 2.24) is 10.3 Å². The summed E-state index contributed by atoms with van der Waals surface area (Å²) in [6.45, 7) is 3.08. The van der Waals surface area contributed by atoms with Gasteiger partial charge in [-0.05, 0) is 18.4 Å². The van der Waals surface area contributed by atoms with E-state index in [2.05, 4.69) is 10.3 Å². The van der Waals surface area contributed by atoms with Gasteiger partial charge < -0.3 is 15.2 Å². The summed E-state index contributed by atoms with van der Waals surface area (Å²) < 4.78 is 28.9. The zero-order valence-electron chi connectivity index (χ0n) is 12.1. The predicted molar refractivity (Wildman–Crippen MR) is 73.5 cm³/mol. The van der Waals surface area contributed by atoms with Crippen LogP contribution >= 0.6 is 0 Å². The van der Waals surface area contributed by atoms with Gasteiger partial charge in [0.25, 0.3) is 12.3 Å². The Morgan fingerprint density at radius 1 is 1.48 bits per heavy atom. The number of amides is 1. The first kappa shape index (κ1) is 17.3. The largest absolute Gasteiger partial charge is 0.472 e. The number of nitrogens with zero attached hydrogens (tertiary/aromatic N) is 1. The van der Waals surface area contributed by atoms with Crippen LogP contribution in [0, 0.1) is 5.92 Å². The van der Waals surface area contributed by atoms with Gasteiger partial charge in [-0.15, -0.1) is 0 Å². The number of pyridine rings is 1. The molecule has 118 valence electrons. The molecule has 0 radical (unpaired) electrons. The highest BCUT2D eigenvalue weighted by molar-refractivity contribution is 5.94. The zero-order chi connectivity index (χ0) is 15.8. The van der Waals surface area contributed by atoms with Crippen molar-refractivity contribution < 1.29 is 23.4 Å². The molecule has 0 aromatic carbocycles. The predicted octanol–water partition coefficient (Wildman–Crippen LogP) is 1.86. The third kappa shape index (κ3) is 6.03. The number of hydrogen-bond donors (Lipinski definition) is 2. The normalized spacial score (nSPS) is 12.5. The number of ether oxygens (including phenoxy) is 1. The summed E-state index contributed by atoms with van der Waals surface area (Å²) >= 11 is 0. The first-order valence-corrected chi connectivity index (χ1v) is 6.72. The van der Waals surface area contributed by atoms with Crippen LogP contribution in [0.25, 0.3) is 0 Å². The van der Waals surface area contributed by atoms with E-state index in [0.29, 0.717) is 6.42 Å². The lowest BCUT2D eigenvalue weighted by atomic mass is 10.0. The van der Waals surface area contributed by atoms with E-state index in [9.17, 15) is 13.6 Å². The summed E-state index contributed by atoms with van der Waals surface area (Å²) in [4.78, 5) is 15.9. The quantitative estimate of drug-likeness (QED) is 0.769. The Hall–Kier alpha value is -1.76. The molecule has 5 nitrogen and oxygen atoms in total. The summed E-state index contributed by atoms with van der Waals surface area (Å²) in [6, 6.07) is 2.62. The van der Waals surface area contributed by atoms with Crippen LogP contribution in [0.4, 0.5) is 8.78 Å². The smallest absolute Gasteiger partial charge is 0.272 e. The van der Waals surface area contributed by atoms with Gasteiger partial charge in [0.05, 0.1) is 0 Å². The van der Waals surface area contributed by atoms with Crippen molar-refractivity contribution in [3.8, 4) is 5.88 Å². The molecule has 0 saturated heterocycles. The number of aliphatic hydroxyl groups excluding tert-OH is 1. The number of aliphatic hydroxyl groups is 1. The second kappa shape index (κ2) is 8.51. The molecular formula is C14H20F2N2O3. The molecule has 1 aromatic heterocycles. The van der Waals surface area contributed by atoms with Crippen LogP contribution in [0.1, 0.15) is 30.6 Å². The van der Waals surface area contributed by atoms with E-state index < -0.39 is 13.0 Å². The highest BCUT2D eigenvalue weighted by Gasteiger charge is 2.17. The van der Waals surface area contributed by atoms with Crippen LogP contribution in [0.5, 0.6) is 5.88 Å². The molecule has 0 aliphatic carbocycles. The highest BCUT2D eigenvalue weighted by atomic mass is 19.3. The second-order valence-electron chi connectivity index (χ2n) is 4.92. The summed E-state index contributed by atoms with van der Waals surface area (Å²) in [5.41, 5.74) is 0.276. The molecule has 1 aromatic rings. The van der Waals surface area contributed by atoms with Gasteiger partial charge in [-0.3, -0.25) is 4.79 Å². The molecule has 0 fully saturated rings. The van der Waals surface area contributed by atoms with E-state index in [4.69, 9.17) is 9.84 Å². The molecule has 7 heteroatoms. The fourth-order valence-corrected chi connectivity index (χ4v) is 1.74. The van der Waals surface area contributed by atoms with Gasteiger partial charge in [0.1, 0.15) is 0 Å². The van der Waals surface area contributed by atoms with Gasteiger partial charge in [0, 0.05) is 30.5 Å². The molecule has 0 spiro atoms. The van der Waals surface area contributed by atoms with Crippen LogP contribution in [-0.4, -0.2) is 41.7 Å². The van der Waals surface area contributed by atoms with E-state index in [0.717, 1.165) is 0 Å². The van der Waals surface area contributed by atoms with Gasteiger partial charge in [-0.25, -0.2) is 13.8 Å². The van der Waals surface area contributed by atoms with Gasteiger partial charge >= 0.3 is 0 Å². The molecule has 2 N–H and O–H groups in total. The monoisotopic (exact) mass is 302 g/mol. The van der Waals surface area contributed by atoms with Crippen molar-refractivity contribution in [1.29, 1.82) is 0 Å². The van der Waals surface area contributed by atoms with Gasteiger partial charge in [0.2, 0.25) is 5.88 Å². The van der Waals surface area contributed by atoms with E-state index in [1.165, 1.54) is 18.3 Å². The second-order valence-corrected chi connectivity index (χ2v) is 4.92. The maximum absolute atomic E-state index is 12.1. The van der Waals surface area contributed by atoms with Crippen LogP contribution in [0.2, 0.25) is 0 Å². The van der Waals surface area contributed by atoms with Crippen LogP contribution in [-0.2, 0) is 0 Å². The Balaban J connectivity index is 2.70. The number of carbonyl (C=O) groups is 1. The lowest BCUT2D eigenvalue weighted by Gasteiger charge is -2.21. The Morgan fingerprint density at radius 3 is 2.76 bits per heavy atom. The lowest BCUT2D eigenvalue weighted by molar-refractivity contribution is 0.0794. The first-order chi connectivity index (χ1) is 9.93. The van der Waals surface area contributed by atoms with E-state index >= 15 is 0 Å². The van der Waals surface area contributed by atoms with Crippen molar-refractivity contribution in [3.05, 3.63) is 23.9 Å². The number of halogens is 2.